The molecule has 1 N–H and O–H groups in total. The van der Waals surface area contributed by atoms with Crippen molar-refractivity contribution in [1.82, 2.24) is 14.7 Å². The average molecular weight is 305 g/mol. The summed E-state index contributed by atoms with van der Waals surface area (Å²) in [5.41, 5.74) is 1.19. The van der Waals surface area contributed by atoms with Crippen LogP contribution in [0.4, 0.5) is 0 Å². The maximum atomic E-state index is 4.66. The van der Waals surface area contributed by atoms with Crippen LogP contribution in [0.1, 0.15) is 23.4 Å². The normalized spacial score (nSPS) is 13.1. The number of aryl methyl sites for hydroxylation is 1. The summed E-state index contributed by atoms with van der Waals surface area (Å²) in [6, 6.07) is 4.87. The van der Waals surface area contributed by atoms with Gasteiger partial charge in [0.2, 0.25) is 0 Å². The van der Waals surface area contributed by atoms with E-state index in [1.807, 2.05) is 18.4 Å². The Labute approximate surface area is 127 Å². The van der Waals surface area contributed by atoms with Crippen LogP contribution in [-0.2, 0) is 12.8 Å². The Morgan fingerprint density at radius 1 is 1.35 bits per heavy atom. The Morgan fingerprint density at radius 3 is 3.05 bits per heavy atom. The zero-order valence-electron chi connectivity index (χ0n) is 11.6. The predicted octanol–water partition coefficient (Wildman–Crippen LogP) is 3.61. The maximum absolute atomic E-state index is 4.66. The van der Waals surface area contributed by atoms with Gasteiger partial charge in [0.15, 0.2) is 4.96 Å². The van der Waals surface area contributed by atoms with E-state index in [1.165, 1.54) is 29.8 Å². The predicted molar refractivity (Wildman–Crippen MR) is 86.9 cm³/mol. The summed E-state index contributed by atoms with van der Waals surface area (Å²) in [4.78, 5) is 7.24. The molecule has 3 nitrogen and oxygen atoms in total. The van der Waals surface area contributed by atoms with Crippen molar-refractivity contribution < 1.29 is 0 Å². The van der Waals surface area contributed by atoms with Crippen LogP contribution in [0.5, 0.6) is 0 Å². The minimum atomic E-state index is 0.513. The highest BCUT2D eigenvalue weighted by molar-refractivity contribution is 7.15. The number of aromatic nitrogens is 2. The second-order valence-corrected chi connectivity index (χ2v) is 6.89. The highest BCUT2D eigenvalue weighted by Gasteiger charge is 2.10. The Hall–Kier alpha value is -1.17. The molecule has 1 unspecified atom stereocenters. The van der Waals surface area contributed by atoms with Gasteiger partial charge >= 0.3 is 0 Å². The second kappa shape index (κ2) is 6.52. The number of hydrogen-bond donors (Lipinski definition) is 1. The largest absolute Gasteiger partial charge is 0.317 e. The first-order valence-electron chi connectivity index (χ1n) is 6.96. The fraction of sp³-hybridized carbons (Fsp3) is 0.400. The van der Waals surface area contributed by atoms with Crippen molar-refractivity contribution >= 4 is 27.6 Å². The van der Waals surface area contributed by atoms with Gasteiger partial charge in [-0.15, -0.1) is 22.7 Å². The van der Waals surface area contributed by atoms with E-state index in [4.69, 9.17) is 0 Å². The van der Waals surface area contributed by atoms with E-state index in [1.54, 1.807) is 11.3 Å². The smallest absolute Gasteiger partial charge is 0.193 e. The lowest BCUT2D eigenvalue weighted by atomic mass is 10.0. The third-order valence-electron chi connectivity index (χ3n) is 3.56. The molecule has 0 fully saturated rings. The minimum absolute atomic E-state index is 0.513. The van der Waals surface area contributed by atoms with Gasteiger partial charge in [-0.3, -0.25) is 4.40 Å². The van der Waals surface area contributed by atoms with Gasteiger partial charge in [-0.1, -0.05) is 6.07 Å². The molecule has 0 amide bonds. The molecule has 0 spiro atoms. The molecule has 0 aliphatic rings. The molecule has 0 saturated heterocycles. The van der Waals surface area contributed by atoms with Crippen LogP contribution in [0.2, 0.25) is 0 Å². The second-order valence-electron chi connectivity index (χ2n) is 4.99. The van der Waals surface area contributed by atoms with Gasteiger partial charge in [-0.05, 0) is 37.8 Å². The van der Waals surface area contributed by atoms with Gasteiger partial charge in [0.25, 0.3) is 0 Å². The molecule has 106 valence electrons. The van der Waals surface area contributed by atoms with E-state index in [0.29, 0.717) is 6.04 Å². The van der Waals surface area contributed by atoms with E-state index in [-0.39, 0.29) is 0 Å². The quantitative estimate of drug-likeness (QED) is 0.722. The van der Waals surface area contributed by atoms with Gasteiger partial charge < -0.3 is 5.32 Å². The summed E-state index contributed by atoms with van der Waals surface area (Å²) in [6.07, 6.45) is 8.84. The third-order valence-corrected chi connectivity index (χ3v) is 5.27. The Kier molecular flexibility index (Phi) is 4.50. The van der Waals surface area contributed by atoms with Gasteiger partial charge in [0.1, 0.15) is 0 Å². The van der Waals surface area contributed by atoms with Crippen molar-refractivity contribution in [3.05, 3.63) is 45.9 Å². The Bertz CT molecular complexity index is 610. The molecule has 0 aliphatic carbocycles. The van der Waals surface area contributed by atoms with Crippen molar-refractivity contribution in [1.29, 1.82) is 0 Å². The molecule has 0 bridgehead atoms. The van der Waals surface area contributed by atoms with Gasteiger partial charge in [-0.25, -0.2) is 4.98 Å². The summed E-state index contributed by atoms with van der Waals surface area (Å²) in [7, 11) is 2.05. The lowest BCUT2D eigenvalue weighted by Gasteiger charge is -2.14. The summed E-state index contributed by atoms with van der Waals surface area (Å²) in [5.74, 6) is 0. The van der Waals surface area contributed by atoms with E-state index in [2.05, 4.69) is 50.0 Å². The highest BCUT2D eigenvalue weighted by atomic mass is 32.1. The lowest BCUT2D eigenvalue weighted by Crippen LogP contribution is -2.27. The first kappa shape index (κ1) is 13.8. The molecule has 0 saturated carbocycles. The molecule has 1 atom stereocenters. The summed E-state index contributed by atoms with van der Waals surface area (Å²) < 4.78 is 2.11. The number of nitrogens with zero attached hydrogens (tertiary/aromatic N) is 2. The van der Waals surface area contributed by atoms with Crippen molar-refractivity contribution in [2.45, 2.75) is 31.7 Å². The number of likely N-dealkylation sites (N-methyl/N-ethyl adjacent to an activating group) is 1. The van der Waals surface area contributed by atoms with Gasteiger partial charge in [0.05, 0.1) is 5.69 Å². The molecule has 0 aliphatic heterocycles. The van der Waals surface area contributed by atoms with E-state index < -0.39 is 0 Å². The number of thiazole rings is 1. The van der Waals surface area contributed by atoms with Crippen molar-refractivity contribution in [3.8, 4) is 0 Å². The molecule has 3 heterocycles. The van der Waals surface area contributed by atoms with Crippen LogP contribution in [0.15, 0.2) is 35.3 Å². The molecule has 20 heavy (non-hydrogen) atoms. The zero-order chi connectivity index (χ0) is 13.8. The van der Waals surface area contributed by atoms with Crippen molar-refractivity contribution in [2.75, 3.05) is 7.05 Å². The number of nitrogens with one attached hydrogen (secondary N) is 1. The molecule has 5 heteroatoms. The van der Waals surface area contributed by atoms with Crippen molar-refractivity contribution in [2.24, 2.45) is 0 Å². The molecule has 0 radical (unpaired) electrons. The topological polar surface area (TPSA) is 29.3 Å². The van der Waals surface area contributed by atoms with Crippen LogP contribution in [0.25, 0.3) is 4.96 Å². The first-order valence-corrected chi connectivity index (χ1v) is 8.72. The highest BCUT2D eigenvalue weighted by Crippen LogP contribution is 2.16. The number of imidazole rings is 1. The van der Waals surface area contributed by atoms with Crippen LogP contribution in [0, 0.1) is 0 Å². The number of rotatable bonds is 7. The van der Waals surface area contributed by atoms with Crippen LogP contribution in [-0.4, -0.2) is 22.5 Å². The monoisotopic (exact) mass is 305 g/mol. The Balaban J connectivity index is 1.52. The first-order chi connectivity index (χ1) is 9.85. The minimum Gasteiger partial charge on any atom is -0.317 e. The van der Waals surface area contributed by atoms with Crippen LogP contribution in [0.3, 0.4) is 0 Å². The van der Waals surface area contributed by atoms with Gasteiger partial charge in [-0.2, -0.15) is 0 Å². The molecular formula is C15H19N3S2. The molecule has 3 aromatic heterocycles. The Morgan fingerprint density at radius 2 is 2.30 bits per heavy atom. The lowest BCUT2D eigenvalue weighted by molar-refractivity contribution is 0.499. The van der Waals surface area contributed by atoms with Crippen LogP contribution < -0.4 is 5.32 Å². The number of hydrogen-bond acceptors (Lipinski definition) is 4. The summed E-state index contributed by atoms with van der Waals surface area (Å²) >= 11 is 3.55. The third kappa shape index (κ3) is 3.29. The van der Waals surface area contributed by atoms with E-state index in [9.17, 15) is 0 Å². The molecule has 3 aromatic rings. The van der Waals surface area contributed by atoms with Gasteiger partial charge in [0, 0.05) is 35.1 Å². The zero-order valence-corrected chi connectivity index (χ0v) is 13.2. The number of fused-ring (bicyclic) bond motifs is 1. The van der Waals surface area contributed by atoms with Crippen LogP contribution >= 0.6 is 22.7 Å². The fourth-order valence-electron chi connectivity index (χ4n) is 2.45. The molecule has 3 rings (SSSR count). The molecular weight excluding hydrogens is 286 g/mol. The average Bonchev–Trinajstić information content (AvgIpc) is 3.13. The summed E-state index contributed by atoms with van der Waals surface area (Å²) in [5, 5.41) is 7.65. The van der Waals surface area contributed by atoms with E-state index in [0.717, 1.165) is 11.4 Å². The molecule has 0 aromatic carbocycles. The van der Waals surface area contributed by atoms with Crippen molar-refractivity contribution in [3.63, 3.8) is 0 Å². The SMILES string of the molecule is CNC(CCCc1cccs1)Cc1cn2ccsc2n1. The number of thiophene rings is 1. The summed E-state index contributed by atoms with van der Waals surface area (Å²) in [6.45, 7) is 0. The fourth-order valence-corrected chi connectivity index (χ4v) is 3.92. The standard InChI is InChI=1S/C15H19N3S2/c1-16-12(4-2-5-14-6-3-8-19-14)10-13-11-18-7-9-20-15(18)17-13/h3,6-9,11-12,16H,2,4-5,10H2,1H3. The van der Waals surface area contributed by atoms with E-state index >= 15 is 0 Å². The maximum Gasteiger partial charge on any atom is 0.193 e.